The molecule has 0 saturated carbocycles. The molecule has 0 aliphatic heterocycles. The Balaban J connectivity index is 1.87. The number of nitrogens with zero attached hydrogens (tertiary/aromatic N) is 4. The van der Waals surface area contributed by atoms with Crippen LogP contribution in [0.1, 0.15) is 10.4 Å². The van der Waals surface area contributed by atoms with Crippen LogP contribution in [0, 0.1) is 10.1 Å². The van der Waals surface area contributed by atoms with E-state index in [9.17, 15) is 14.9 Å². The van der Waals surface area contributed by atoms with Gasteiger partial charge in [0.2, 0.25) is 0 Å². The number of carbonyl (C=O) groups is 1. The number of nitro groups is 1. The second kappa shape index (κ2) is 6.79. The standard InChI is InChI=1S/C16H12N4O5/c1-24-16(21)11-9-14(20(22)23)15(17-10-11)25-13-5-3-12(4-6-13)19-8-2-7-18-19/h2-10H,1H3. The van der Waals surface area contributed by atoms with Gasteiger partial charge in [0.15, 0.2) is 0 Å². The minimum Gasteiger partial charge on any atom is -0.465 e. The summed E-state index contributed by atoms with van der Waals surface area (Å²) in [5.41, 5.74) is 0.343. The maximum atomic E-state index is 11.5. The molecule has 126 valence electrons. The maximum absolute atomic E-state index is 11.5. The Morgan fingerprint density at radius 1 is 1.28 bits per heavy atom. The summed E-state index contributed by atoms with van der Waals surface area (Å²) in [6, 6.07) is 9.62. The Morgan fingerprint density at radius 3 is 2.64 bits per heavy atom. The van der Waals surface area contributed by atoms with Crippen LogP contribution in [0.2, 0.25) is 0 Å². The van der Waals surface area contributed by atoms with Crippen LogP contribution in [0.25, 0.3) is 5.69 Å². The van der Waals surface area contributed by atoms with Crippen LogP contribution in [-0.4, -0.2) is 32.8 Å². The van der Waals surface area contributed by atoms with Gasteiger partial charge in [-0.2, -0.15) is 5.10 Å². The van der Waals surface area contributed by atoms with E-state index < -0.39 is 16.6 Å². The number of hydrogen-bond donors (Lipinski definition) is 0. The summed E-state index contributed by atoms with van der Waals surface area (Å²) < 4.78 is 11.7. The van der Waals surface area contributed by atoms with Crippen LogP contribution in [0.3, 0.4) is 0 Å². The minimum atomic E-state index is -0.717. The highest BCUT2D eigenvalue weighted by Gasteiger charge is 2.21. The Bertz CT molecular complexity index is 907. The van der Waals surface area contributed by atoms with E-state index in [1.54, 1.807) is 47.4 Å². The van der Waals surface area contributed by atoms with Gasteiger partial charge in [0, 0.05) is 24.7 Å². The smallest absolute Gasteiger partial charge is 0.339 e. The monoisotopic (exact) mass is 340 g/mol. The van der Waals surface area contributed by atoms with E-state index in [-0.39, 0.29) is 11.4 Å². The van der Waals surface area contributed by atoms with Crippen LogP contribution in [-0.2, 0) is 4.74 Å². The van der Waals surface area contributed by atoms with Crippen LogP contribution in [0.15, 0.2) is 55.0 Å². The highest BCUT2D eigenvalue weighted by atomic mass is 16.6. The zero-order chi connectivity index (χ0) is 17.8. The molecule has 0 fully saturated rings. The maximum Gasteiger partial charge on any atom is 0.339 e. The SMILES string of the molecule is COC(=O)c1cnc(Oc2ccc(-n3cccn3)cc2)c([N+](=O)[O-])c1. The zero-order valence-electron chi connectivity index (χ0n) is 13.0. The summed E-state index contributed by atoms with van der Waals surface area (Å²) in [5, 5.41) is 15.3. The Hall–Kier alpha value is -3.75. The fourth-order valence-electron chi connectivity index (χ4n) is 2.08. The molecule has 0 saturated heterocycles. The molecule has 0 amide bonds. The molecule has 0 unspecified atom stereocenters. The number of pyridine rings is 1. The van der Waals surface area contributed by atoms with E-state index >= 15 is 0 Å². The van der Waals surface area contributed by atoms with E-state index in [1.165, 1.54) is 7.11 Å². The first-order valence-corrected chi connectivity index (χ1v) is 7.09. The van der Waals surface area contributed by atoms with Gasteiger partial charge in [-0.3, -0.25) is 10.1 Å². The van der Waals surface area contributed by atoms with E-state index in [2.05, 4.69) is 14.8 Å². The lowest BCUT2D eigenvalue weighted by atomic mass is 10.2. The lowest BCUT2D eigenvalue weighted by Gasteiger charge is -2.07. The minimum absolute atomic E-state index is 0.0319. The van der Waals surface area contributed by atoms with Gasteiger partial charge in [-0.15, -0.1) is 0 Å². The van der Waals surface area contributed by atoms with Gasteiger partial charge in [-0.05, 0) is 30.3 Å². The molecule has 0 radical (unpaired) electrons. The molecular formula is C16H12N4O5. The summed E-state index contributed by atoms with van der Waals surface area (Å²) in [6.45, 7) is 0. The predicted molar refractivity (Wildman–Crippen MR) is 85.9 cm³/mol. The van der Waals surface area contributed by atoms with Crippen molar-refractivity contribution in [1.82, 2.24) is 14.8 Å². The van der Waals surface area contributed by atoms with Crippen molar-refractivity contribution in [2.45, 2.75) is 0 Å². The van der Waals surface area contributed by atoms with Crippen molar-refractivity contribution < 1.29 is 19.2 Å². The number of rotatable bonds is 5. The number of ether oxygens (including phenoxy) is 2. The van der Waals surface area contributed by atoms with Crippen molar-refractivity contribution in [1.29, 1.82) is 0 Å². The molecule has 0 spiro atoms. The summed E-state index contributed by atoms with van der Waals surface area (Å²) in [7, 11) is 1.18. The van der Waals surface area contributed by atoms with Crippen molar-refractivity contribution in [2.24, 2.45) is 0 Å². The van der Waals surface area contributed by atoms with Gasteiger partial charge >= 0.3 is 11.7 Å². The average molecular weight is 340 g/mol. The molecule has 0 aliphatic carbocycles. The van der Waals surface area contributed by atoms with Gasteiger partial charge in [0.05, 0.1) is 23.3 Å². The van der Waals surface area contributed by atoms with Crippen LogP contribution in [0.5, 0.6) is 11.6 Å². The summed E-state index contributed by atoms with van der Waals surface area (Å²) in [4.78, 5) is 25.9. The molecule has 0 N–H and O–H groups in total. The average Bonchev–Trinajstić information content (AvgIpc) is 3.16. The quantitative estimate of drug-likeness (QED) is 0.399. The molecule has 2 aromatic heterocycles. The van der Waals surface area contributed by atoms with Gasteiger partial charge in [-0.1, -0.05) is 0 Å². The lowest BCUT2D eigenvalue weighted by molar-refractivity contribution is -0.386. The fourth-order valence-corrected chi connectivity index (χ4v) is 2.08. The molecule has 3 rings (SSSR count). The number of hydrogen-bond acceptors (Lipinski definition) is 7. The van der Waals surface area contributed by atoms with Crippen molar-refractivity contribution in [3.8, 4) is 17.3 Å². The van der Waals surface area contributed by atoms with E-state index in [4.69, 9.17) is 4.74 Å². The van der Waals surface area contributed by atoms with E-state index in [0.717, 1.165) is 18.0 Å². The Morgan fingerprint density at radius 2 is 2.04 bits per heavy atom. The molecule has 9 heteroatoms. The second-order valence-electron chi connectivity index (χ2n) is 4.84. The number of aromatic nitrogens is 3. The summed E-state index contributed by atoms with van der Waals surface area (Å²) >= 11 is 0. The number of methoxy groups -OCH3 is 1. The van der Waals surface area contributed by atoms with Crippen LogP contribution >= 0.6 is 0 Å². The first-order chi connectivity index (χ1) is 12.1. The van der Waals surface area contributed by atoms with Gasteiger partial charge in [-0.25, -0.2) is 14.5 Å². The highest BCUT2D eigenvalue weighted by molar-refractivity contribution is 5.89. The third-order valence-corrected chi connectivity index (χ3v) is 3.27. The molecular weight excluding hydrogens is 328 g/mol. The Kier molecular flexibility index (Phi) is 4.38. The van der Waals surface area contributed by atoms with Crippen molar-refractivity contribution in [3.63, 3.8) is 0 Å². The number of esters is 1. The molecule has 9 nitrogen and oxygen atoms in total. The fraction of sp³-hybridized carbons (Fsp3) is 0.0625. The van der Waals surface area contributed by atoms with Crippen molar-refractivity contribution >= 4 is 11.7 Å². The van der Waals surface area contributed by atoms with Crippen LogP contribution < -0.4 is 4.74 Å². The number of benzene rings is 1. The molecule has 3 aromatic rings. The summed E-state index contributed by atoms with van der Waals surface area (Å²) in [5.74, 6) is -0.576. The van der Waals surface area contributed by atoms with Crippen molar-refractivity contribution in [2.75, 3.05) is 7.11 Å². The topological polar surface area (TPSA) is 109 Å². The largest absolute Gasteiger partial charge is 0.465 e. The van der Waals surface area contributed by atoms with Crippen molar-refractivity contribution in [3.05, 3.63) is 70.7 Å². The highest BCUT2D eigenvalue weighted by Crippen LogP contribution is 2.30. The lowest BCUT2D eigenvalue weighted by Crippen LogP contribution is -2.04. The van der Waals surface area contributed by atoms with Gasteiger partial charge in [0.25, 0.3) is 5.88 Å². The molecule has 1 aromatic carbocycles. The first-order valence-electron chi connectivity index (χ1n) is 7.09. The molecule has 0 bridgehead atoms. The van der Waals surface area contributed by atoms with E-state index in [1.807, 2.05) is 0 Å². The van der Waals surface area contributed by atoms with Crippen LogP contribution in [0.4, 0.5) is 5.69 Å². The number of carbonyl (C=O) groups excluding carboxylic acids is 1. The normalized spacial score (nSPS) is 10.3. The van der Waals surface area contributed by atoms with Gasteiger partial charge < -0.3 is 9.47 Å². The molecule has 2 heterocycles. The zero-order valence-corrected chi connectivity index (χ0v) is 13.0. The third-order valence-electron chi connectivity index (χ3n) is 3.27. The molecule has 0 atom stereocenters. The molecule has 25 heavy (non-hydrogen) atoms. The van der Waals surface area contributed by atoms with Gasteiger partial charge in [0.1, 0.15) is 5.75 Å². The second-order valence-corrected chi connectivity index (χ2v) is 4.84. The summed E-state index contributed by atoms with van der Waals surface area (Å²) in [6.07, 6.45) is 4.60. The predicted octanol–water partition coefficient (Wildman–Crippen LogP) is 2.75. The first kappa shape index (κ1) is 16.1. The molecule has 0 aliphatic rings. The Labute approximate surface area is 141 Å². The van der Waals surface area contributed by atoms with E-state index in [0.29, 0.717) is 5.75 Å². The third kappa shape index (κ3) is 3.44.